The SMILES string of the molecule is Cc1cnc(-c2ccccc2)nc1NC1CC1. The number of hydrogen-bond acceptors (Lipinski definition) is 3. The molecular formula is C14H15N3. The molecule has 1 aliphatic rings. The van der Waals surface area contributed by atoms with Crippen LogP contribution in [0.5, 0.6) is 0 Å². The highest BCUT2D eigenvalue weighted by Gasteiger charge is 2.22. The second kappa shape index (κ2) is 4.17. The summed E-state index contributed by atoms with van der Waals surface area (Å²) >= 11 is 0. The molecule has 0 saturated heterocycles. The number of aromatic nitrogens is 2. The van der Waals surface area contributed by atoms with E-state index in [2.05, 4.69) is 15.3 Å². The van der Waals surface area contributed by atoms with Crippen molar-refractivity contribution in [3.05, 3.63) is 42.1 Å². The van der Waals surface area contributed by atoms with Crippen LogP contribution in [0.3, 0.4) is 0 Å². The maximum absolute atomic E-state index is 4.60. The molecule has 3 heteroatoms. The molecule has 2 aromatic rings. The van der Waals surface area contributed by atoms with Gasteiger partial charge in [0.15, 0.2) is 5.82 Å². The zero-order valence-corrected chi connectivity index (χ0v) is 9.85. The third-order valence-corrected chi connectivity index (χ3v) is 2.92. The van der Waals surface area contributed by atoms with Gasteiger partial charge in [-0.15, -0.1) is 0 Å². The molecule has 0 spiro atoms. The van der Waals surface area contributed by atoms with Crippen molar-refractivity contribution in [2.24, 2.45) is 0 Å². The first kappa shape index (κ1) is 10.3. The Morgan fingerprint density at radius 2 is 1.94 bits per heavy atom. The lowest BCUT2D eigenvalue weighted by atomic mass is 10.2. The van der Waals surface area contributed by atoms with Gasteiger partial charge in [0.25, 0.3) is 0 Å². The second-order valence-corrected chi connectivity index (χ2v) is 4.51. The molecule has 0 amide bonds. The molecule has 1 aromatic carbocycles. The first-order valence-electron chi connectivity index (χ1n) is 5.98. The van der Waals surface area contributed by atoms with Crippen molar-refractivity contribution in [2.45, 2.75) is 25.8 Å². The normalized spacial score (nSPS) is 14.6. The average Bonchev–Trinajstić information content (AvgIpc) is 3.17. The minimum absolute atomic E-state index is 0.618. The van der Waals surface area contributed by atoms with Gasteiger partial charge in [-0.25, -0.2) is 9.97 Å². The fourth-order valence-corrected chi connectivity index (χ4v) is 1.74. The smallest absolute Gasteiger partial charge is 0.161 e. The summed E-state index contributed by atoms with van der Waals surface area (Å²) in [6, 6.07) is 10.7. The van der Waals surface area contributed by atoms with Crippen LogP contribution in [0.4, 0.5) is 5.82 Å². The number of hydrogen-bond donors (Lipinski definition) is 1. The number of anilines is 1. The molecule has 0 radical (unpaired) electrons. The molecule has 0 unspecified atom stereocenters. The Kier molecular flexibility index (Phi) is 2.52. The van der Waals surface area contributed by atoms with Gasteiger partial charge < -0.3 is 5.32 Å². The van der Waals surface area contributed by atoms with Gasteiger partial charge in [-0.05, 0) is 19.8 Å². The van der Waals surface area contributed by atoms with Crippen LogP contribution in [0, 0.1) is 6.92 Å². The van der Waals surface area contributed by atoms with Gasteiger partial charge in [0, 0.05) is 23.4 Å². The van der Waals surface area contributed by atoms with Gasteiger partial charge in [0.2, 0.25) is 0 Å². The Balaban J connectivity index is 1.95. The maximum Gasteiger partial charge on any atom is 0.161 e. The number of nitrogens with zero attached hydrogens (tertiary/aromatic N) is 2. The van der Waals surface area contributed by atoms with Crippen LogP contribution in [0.2, 0.25) is 0 Å². The number of nitrogens with one attached hydrogen (secondary N) is 1. The highest BCUT2D eigenvalue weighted by Crippen LogP contribution is 2.26. The van der Waals surface area contributed by atoms with Gasteiger partial charge in [-0.1, -0.05) is 30.3 Å². The summed E-state index contributed by atoms with van der Waals surface area (Å²) in [7, 11) is 0. The minimum Gasteiger partial charge on any atom is -0.367 e. The van der Waals surface area contributed by atoms with Crippen LogP contribution in [0.25, 0.3) is 11.4 Å². The predicted molar refractivity (Wildman–Crippen MR) is 68.8 cm³/mol. The molecule has 0 atom stereocenters. The standard InChI is InChI=1S/C14H15N3/c1-10-9-15-14(11-5-3-2-4-6-11)17-13(10)16-12-7-8-12/h2-6,9,12H,7-8H2,1H3,(H,15,16,17). The summed E-state index contributed by atoms with van der Waals surface area (Å²) < 4.78 is 0. The van der Waals surface area contributed by atoms with E-state index in [0.29, 0.717) is 6.04 Å². The fraction of sp³-hybridized carbons (Fsp3) is 0.286. The van der Waals surface area contributed by atoms with Crippen LogP contribution >= 0.6 is 0 Å². The van der Waals surface area contributed by atoms with E-state index in [1.807, 2.05) is 43.5 Å². The van der Waals surface area contributed by atoms with Crippen LogP contribution in [0.1, 0.15) is 18.4 Å². The van der Waals surface area contributed by atoms with Crippen LogP contribution < -0.4 is 5.32 Å². The van der Waals surface area contributed by atoms with Crippen molar-refractivity contribution in [3.63, 3.8) is 0 Å². The molecule has 1 fully saturated rings. The van der Waals surface area contributed by atoms with Gasteiger partial charge in [0.05, 0.1) is 0 Å². The topological polar surface area (TPSA) is 37.8 Å². The Labute approximate surface area is 101 Å². The second-order valence-electron chi connectivity index (χ2n) is 4.51. The largest absolute Gasteiger partial charge is 0.367 e. The number of aryl methyl sites for hydroxylation is 1. The lowest BCUT2D eigenvalue weighted by Gasteiger charge is -2.08. The molecule has 1 aliphatic carbocycles. The Morgan fingerprint density at radius 3 is 2.65 bits per heavy atom. The van der Waals surface area contributed by atoms with Crippen molar-refractivity contribution >= 4 is 5.82 Å². The van der Waals surface area contributed by atoms with Crippen LogP contribution in [0.15, 0.2) is 36.5 Å². The van der Waals surface area contributed by atoms with Crippen molar-refractivity contribution in [2.75, 3.05) is 5.32 Å². The number of rotatable bonds is 3. The maximum atomic E-state index is 4.60. The van der Waals surface area contributed by atoms with Gasteiger partial charge >= 0.3 is 0 Å². The van der Waals surface area contributed by atoms with Crippen molar-refractivity contribution in [1.29, 1.82) is 0 Å². The zero-order chi connectivity index (χ0) is 11.7. The Bertz CT molecular complexity index is 518. The Hall–Kier alpha value is -1.90. The zero-order valence-electron chi connectivity index (χ0n) is 9.85. The van der Waals surface area contributed by atoms with Gasteiger partial charge in [-0.2, -0.15) is 0 Å². The molecule has 1 aromatic heterocycles. The summed E-state index contributed by atoms with van der Waals surface area (Å²) in [5.41, 5.74) is 2.17. The average molecular weight is 225 g/mol. The van der Waals surface area contributed by atoms with Crippen LogP contribution in [-0.4, -0.2) is 16.0 Å². The monoisotopic (exact) mass is 225 g/mol. The van der Waals surface area contributed by atoms with E-state index >= 15 is 0 Å². The predicted octanol–water partition coefficient (Wildman–Crippen LogP) is 3.03. The van der Waals surface area contributed by atoms with E-state index in [4.69, 9.17) is 0 Å². The van der Waals surface area contributed by atoms with E-state index in [0.717, 1.165) is 22.8 Å². The highest BCUT2D eigenvalue weighted by molar-refractivity contribution is 5.58. The summed E-state index contributed by atoms with van der Waals surface area (Å²) in [5.74, 6) is 1.76. The van der Waals surface area contributed by atoms with Crippen molar-refractivity contribution in [1.82, 2.24) is 9.97 Å². The lowest BCUT2D eigenvalue weighted by molar-refractivity contribution is 1.06. The molecule has 1 saturated carbocycles. The molecule has 3 rings (SSSR count). The molecule has 0 bridgehead atoms. The molecule has 1 heterocycles. The third kappa shape index (κ3) is 2.28. The molecule has 0 aliphatic heterocycles. The highest BCUT2D eigenvalue weighted by atomic mass is 15.1. The Morgan fingerprint density at radius 1 is 1.18 bits per heavy atom. The molecule has 17 heavy (non-hydrogen) atoms. The summed E-state index contributed by atoms with van der Waals surface area (Å²) in [4.78, 5) is 8.99. The summed E-state index contributed by atoms with van der Waals surface area (Å²) in [5, 5.41) is 3.44. The molecule has 86 valence electrons. The molecule has 1 N–H and O–H groups in total. The lowest BCUT2D eigenvalue weighted by Crippen LogP contribution is -2.06. The molecule has 3 nitrogen and oxygen atoms in total. The minimum atomic E-state index is 0.618. The van der Waals surface area contributed by atoms with Gasteiger partial charge in [0.1, 0.15) is 5.82 Å². The van der Waals surface area contributed by atoms with Crippen molar-refractivity contribution < 1.29 is 0 Å². The quantitative estimate of drug-likeness (QED) is 0.872. The van der Waals surface area contributed by atoms with Gasteiger partial charge in [-0.3, -0.25) is 0 Å². The summed E-state index contributed by atoms with van der Waals surface area (Å²) in [6.07, 6.45) is 4.40. The van der Waals surface area contributed by atoms with E-state index in [9.17, 15) is 0 Å². The van der Waals surface area contributed by atoms with E-state index < -0.39 is 0 Å². The van der Waals surface area contributed by atoms with E-state index in [1.54, 1.807) is 0 Å². The third-order valence-electron chi connectivity index (χ3n) is 2.92. The van der Waals surface area contributed by atoms with Crippen LogP contribution in [-0.2, 0) is 0 Å². The fourth-order valence-electron chi connectivity index (χ4n) is 1.74. The first-order chi connectivity index (χ1) is 8.33. The first-order valence-corrected chi connectivity index (χ1v) is 5.98. The number of benzene rings is 1. The molecular weight excluding hydrogens is 210 g/mol. The van der Waals surface area contributed by atoms with E-state index in [-0.39, 0.29) is 0 Å². The van der Waals surface area contributed by atoms with Crippen molar-refractivity contribution in [3.8, 4) is 11.4 Å². The summed E-state index contributed by atoms with van der Waals surface area (Å²) in [6.45, 7) is 2.04. The van der Waals surface area contributed by atoms with E-state index in [1.165, 1.54) is 12.8 Å².